The van der Waals surface area contributed by atoms with Crippen LogP contribution in [0.1, 0.15) is 71.6 Å². The highest BCUT2D eigenvalue weighted by molar-refractivity contribution is 5.77. The Kier molecular flexibility index (Phi) is 6.82. The molecule has 0 spiro atoms. The Morgan fingerprint density at radius 2 is 1.95 bits per heavy atom. The van der Waals surface area contributed by atoms with Gasteiger partial charge in [-0.15, -0.1) is 0 Å². The van der Waals surface area contributed by atoms with Gasteiger partial charge in [0.05, 0.1) is 12.0 Å². The number of nitrogens with one attached hydrogen (secondary N) is 2. The lowest BCUT2D eigenvalue weighted by Gasteiger charge is -2.41. The van der Waals surface area contributed by atoms with Crippen LogP contribution in [-0.4, -0.2) is 28.7 Å². The maximum atomic E-state index is 11.9. The molecular weight excluding hydrogens is 256 g/mol. The minimum Gasteiger partial charge on any atom is -0.481 e. The molecule has 1 rings (SSSR count). The van der Waals surface area contributed by atoms with Gasteiger partial charge in [0.1, 0.15) is 0 Å². The van der Waals surface area contributed by atoms with Gasteiger partial charge in [0.25, 0.3) is 0 Å². The monoisotopic (exact) mass is 284 g/mol. The first kappa shape index (κ1) is 16.8. The average Bonchev–Trinajstić information content (AvgIpc) is 2.31. The van der Waals surface area contributed by atoms with Crippen molar-refractivity contribution in [3.8, 4) is 0 Å². The number of carbonyl (C=O) groups is 2. The van der Waals surface area contributed by atoms with E-state index in [2.05, 4.69) is 17.6 Å². The summed E-state index contributed by atoms with van der Waals surface area (Å²) in [5, 5.41) is 14.7. The zero-order valence-corrected chi connectivity index (χ0v) is 12.7. The van der Waals surface area contributed by atoms with E-state index in [1.807, 2.05) is 6.92 Å². The van der Waals surface area contributed by atoms with Crippen molar-refractivity contribution in [1.82, 2.24) is 10.6 Å². The Morgan fingerprint density at radius 1 is 1.25 bits per heavy atom. The van der Waals surface area contributed by atoms with Crippen molar-refractivity contribution in [1.29, 1.82) is 0 Å². The van der Waals surface area contributed by atoms with Crippen LogP contribution < -0.4 is 10.6 Å². The molecule has 116 valence electrons. The third-order valence-corrected chi connectivity index (χ3v) is 4.05. The molecule has 1 saturated carbocycles. The maximum absolute atomic E-state index is 11.9. The minimum absolute atomic E-state index is 0.0191. The summed E-state index contributed by atoms with van der Waals surface area (Å²) in [7, 11) is 0. The molecule has 0 aromatic carbocycles. The summed E-state index contributed by atoms with van der Waals surface area (Å²) in [4.78, 5) is 22.8. The molecule has 0 aromatic rings. The summed E-state index contributed by atoms with van der Waals surface area (Å²) in [6, 6.07) is -0.0947. The number of amides is 2. The highest BCUT2D eigenvalue weighted by Crippen LogP contribution is 2.34. The fourth-order valence-electron chi connectivity index (χ4n) is 2.69. The van der Waals surface area contributed by atoms with Gasteiger partial charge in [0.2, 0.25) is 0 Å². The number of hydrogen-bond donors (Lipinski definition) is 3. The molecule has 1 unspecified atom stereocenters. The van der Waals surface area contributed by atoms with Gasteiger partial charge in [-0.3, -0.25) is 4.79 Å². The molecule has 1 atom stereocenters. The number of carbonyl (C=O) groups excluding carboxylic acids is 1. The normalized spacial score (nSPS) is 17.9. The second-order valence-electron chi connectivity index (χ2n) is 6.05. The second-order valence-corrected chi connectivity index (χ2v) is 6.05. The first-order valence-electron chi connectivity index (χ1n) is 7.78. The maximum Gasteiger partial charge on any atom is 0.315 e. The van der Waals surface area contributed by atoms with Crippen molar-refractivity contribution < 1.29 is 14.7 Å². The van der Waals surface area contributed by atoms with Crippen molar-refractivity contribution in [2.45, 2.75) is 83.2 Å². The molecule has 0 saturated heterocycles. The third-order valence-electron chi connectivity index (χ3n) is 4.05. The first-order valence-corrected chi connectivity index (χ1v) is 7.78. The Hall–Kier alpha value is -1.26. The van der Waals surface area contributed by atoms with E-state index in [0.29, 0.717) is 0 Å². The Morgan fingerprint density at radius 3 is 2.45 bits per heavy atom. The molecule has 0 aromatic heterocycles. The summed E-state index contributed by atoms with van der Waals surface area (Å²) in [6.45, 7) is 4.17. The molecule has 5 nitrogen and oxygen atoms in total. The summed E-state index contributed by atoms with van der Waals surface area (Å²) in [6.07, 6.45) is 8.27. The van der Waals surface area contributed by atoms with Gasteiger partial charge in [-0.05, 0) is 32.6 Å². The highest BCUT2D eigenvalue weighted by atomic mass is 16.4. The minimum atomic E-state index is -0.849. The van der Waals surface area contributed by atoms with Gasteiger partial charge in [-0.1, -0.05) is 32.6 Å². The summed E-state index contributed by atoms with van der Waals surface area (Å²) < 4.78 is 0. The molecular formula is C15H28N2O3. The predicted molar refractivity (Wildman–Crippen MR) is 78.7 cm³/mol. The van der Waals surface area contributed by atoms with Crippen LogP contribution in [0.5, 0.6) is 0 Å². The molecule has 1 aliphatic carbocycles. The highest BCUT2D eigenvalue weighted by Gasteiger charge is 2.40. The van der Waals surface area contributed by atoms with Crippen molar-refractivity contribution in [2.24, 2.45) is 0 Å². The predicted octanol–water partition coefficient (Wildman–Crippen LogP) is 3.04. The quantitative estimate of drug-likeness (QED) is 0.569. The lowest BCUT2D eigenvalue weighted by molar-refractivity contribution is -0.139. The first-order chi connectivity index (χ1) is 9.47. The number of aliphatic carboxylic acids is 1. The number of rotatable bonds is 9. The van der Waals surface area contributed by atoms with E-state index in [9.17, 15) is 9.59 Å². The van der Waals surface area contributed by atoms with Crippen LogP contribution in [0.15, 0.2) is 0 Å². The lowest BCUT2D eigenvalue weighted by atomic mass is 9.74. The summed E-state index contributed by atoms with van der Waals surface area (Å²) in [5.74, 6) is -0.849. The molecule has 0 heterocycles. The Bertz CT molecular complexity index is 327. The second kappa shape index (κ2) is 8.12. The van der Waals surface area contributed by atoms with Gasteiger partial charge in [-0.25, -0.2) is 4.79 Å². The molecule has 1 aliphatic rings. The average molecular weight is 284 g/mol. The Labute approximate surface area is 121 Å². The van der Waals surface area contributed by atoms with Gasteiger partial charge >= 0.3 is 12.0 Å². The van der Waals surface area contributed by atoms with E-state index in [-0.39, 0.29) is 18.5 Å². The van der Waals surface area contributed by atoms with Crippen molar-refractivity contribution in [2.75, 3.05) is 0 Å². The zero-order chi connectivity index (χ0) is 15.0. The number of hydrogen-bond acceptors (Lipinski definition) is 2. The van der Waals surface area contributed by atoms with E-state index in [1.165, 1.54) is 19.3 Å². The molecule has 2 amide bonds. The van der Waals surface area contributed by atoms with E-state index >= 15 is 0 Å². The van der Waals surface area contributed by atoms with Crippen LogP contribution in [0.4, 0.5) is 4.79 Å². The van der Waals surface area contributed by atoms with Crippen molar-refractivity contribution in [3.05, 3.63) is 0 Å². The van der Waals surface area contributed by atoms with Gasteiger partial charge in [0, 0.05) is 6.04 Å². The lowest BCUT2D eigenvalue weighted by Crippen LogP contribution is -2.58. The van der Waals surface area contributed by atoms with E-state index in [1.54, 1.807) is 0 Å². The van der Waals surface area contributed by atoms with Gasteiger partial charge < -0.3 is 15.7 Å². The van der Waals surface area contributed by atoms with Crippen LogP contribution in [-0.2, 0) is 4.79 Å². The molecule has 3 N–H and O–H groups in total. The van der Waals surface area contributed by atoms with E-state index in [0.717, 1.165) is 32.1 Å². The number of urea groups is 1. The largest absolute Gasteiger partial charge is 0.481 e. The zero-order valence-electron chi connectivity index (χ0n) is 12.7. The molecule has 1 fully saturated rings. The van der Waals surface area contributed by atoms with Gasteiger partial charge in [0.15, 0.2) is 0 Å². The SMILES string of the molecule is CCCCCCC(C)NC(=O)NC1(CC(=O)O)CCC1. The van der Waals surface area contributed by atoms with E-state index in [4.69, 9.17) is 5.11 Å². The van der Waals surface area contributed by atoms with Crippen molar-refractivity contribution >= 4 is 12.0 Å². The third kappa shape index (κ3) is 5.80. The van der Waals surface area contributed by atoms with E-state index < -0.39 is 11.5 Å². The van der Waals surface area contributed by atoms with Crippen LogP contribution in [0.25, 0.3) is 0 Å². The Balaban J connectivity index is 2.26. The summed E-state index contributed by atoms with van der Waals surface area (Å²) in [5.41, 5.74) is -0.516. The number of carboxylic acids is 1. The van der Waals surface area contributed by atoms with Crippen molar-refractivity contribution in [3.63, 3.8) is 0 Å². The van der Waals surface area contributed by atoms with Gasteiger partial charge in [-0.2, -0.15) is 0 Å². The molecule has 0 bridgehead atoms. The molecule has 0 aliphatic heterocycles. The standard InChI is InChI=1S/C15H28N2O3/c1-3-4-5-6-8-12(2)16-14(20)17-15(9-7-10-15)11-13(18)19/h12H,3-11H2,1-2H3,(H,18,19)(H2,16,17,20). The number of unbranched alkanes of at least 4 members (excludes halogenated alkanes) is 3. The van der Waals surface area contributed by atoms with Crippen LogP contribution >= 0.6 is 0 Å². The molecule has 5 heteroatoms. The summed E-state index contributed by atoms with van der Waals surface area (Å²) >= 11 is 0. The van der Waals surface area contributed by atoms with Crippen LogP contribution in [0.2, 0.25) is 0 Å². The molecule has 20 heavy (non-hydrogen) atoms. The van der Waals surface area contributed by atoms with Crippen LogP contribution in [0.3, 0.4) is 0 Å². The smallest absolute Gasteiger partial charge is 0.315 e. The molecule has 0 radical (unpaired) electrons. The fourth-order valence-corrected chi connectivity index (χ4v) is 2.69. The topological polar surface area (TPSA) is 78.4 Å². The van der Waals surface area contributed by atoms with Crippen LogP contribution in [0, 0.1) is 0 Å². The number of carboxylic acid groups (broad SMARTS) is 1. The fraction of sp³-hybridized carbons (Fsp3) is 0.867.